The Morgan fingerprint density at radius 1 is 0.778 bits per heavy atom. The molecule has 1 fully saturated rings. The highest BCUT2D eigenvalue weighted by Crippen LogP contribution is 2.30. The van der Waals surface area contributed by atoms with Gasteiger partial charge in [-0.25, -0.2) is 8.78 Å². The van der Waals surface area contributed by atoms with Crippen LogP contribution in [0.1, 0.15) is 89.7 Å². The number of primary amides is 1. The maximum absolute atomic E-state index is 14.0. The summed E-state index contributed by atoms with van der Waals surface area (Å²) in [6.45, 7) is 14.5. The Morgan fingerprint density at radius 3 is 1.86 bits per heavy atom. The molecule has 0 spiro atoms. The van der Waals surface area contributed by atoms with Crippen LogP contribution < -0.4 is 21.7 Å². The molecule has 1 aliphatic rings. The van der Waals surface area contributed by atoms with Crippen LogP contribution in [0.2, 0.25) is 0 Å². The van der Waals surface area contributed by atoms with E-state index in [4.69, 9.17) is 15.5 Å². The van der Waals surface area contributed by atoms with Crippen LogP contribution in [0.4, 0.5) is 8.78 Å². The van der Waals surface area contributed by atoms with Gasteiger partial charge in [0, 0.05) is 78.3 Å². The van der Waals surface area contributed by atoms with Crippen molar-refractivity contribution in [2.24, 2.45) is 29.8 Å². The number of nitrogens with two attached hydrogens (primary N) is 1. The molecule has 5 heterocycles. The van der Waals surface area contributed by atoms with Gasteiger partial charge in [0.2, 0.25) is 17.1 Å². The van der Waals surface area contributed by atoms with Gasteiger partial charge >= 0.3 is 0 Å². The second-order valence-corrected chi connectivity index (χ2v) is 16.4. The molecule has 2 N–H and O–H groups in total. The number of halogens is 2. The number of piperidine rings is 1. The van der Waals surface area contributed by atoms with Crippen LogP contribution in [0.15, 0.2) is 69.7 Å². The number of aromatic nitrogens is 8. The summed E-state index contributed by atoms with van der Waals surface area (Å²) in [7, 11) is 3.65. The van der Waals surface area contributed by atoms with E-state index in [-0.39, 0.29) is 31.6 Å². The number of aryl methyl sites for hydroxylation is 6. The van der Waals surface area contributed by atoms with Gasteiger partial charge in [-0.15, -0.1) is 0 Å². The van der Waals surface area contributed by atoms with E-state index in [2.05, 4.69) is 15.2 Å². The number of rotatable bonds is 14. The fraction of sp³-hybridized carbons (Fsp3) is 0.444. The summed E-state index contributed by atoms with van der Waals surface area (Å²) < 4.78 is 44.9. The van der Waals surface area contributed by atoms with Crippen molar-refractivity contribution in [3.05, 3.63) is 99.3 Å². The van der Waals surface area contributed by atoms with E-state index in [0.717, 1.165) is 27.9 Å². The molecule has 1 aliphatic heterocycles. The molecule has 16 nitrogen and oxygen atoms in total. The van der Waals surface area contributed by atoms with E-state index in [1.807, 2.05) is 91.5 Å². The first-order valence-electron chi connectivity index (χ1n) is 21.3. The average molecular weight is 867 g/mol. The third kappa shape index (κ3) is 9.21. The quantitative estimate of drug-likeness (QED) is 0.112. The van der Waals surface area contributed by atoms with E-state index < -0.39 is 23.6 Å². The standard InChI is InChI=1S/C45H56F2N12O4/c1-9-58-36(22-30(5)51-58)41(61)49-43-53(7)33-14-11-12-15-34(33)56(43)26-28(3)29(4)27-57-39-35(54(8)44(57)50-42(62)37-23-31(6)52-59(37)10-2)24-32(40(48)60)25-38(39)63-21-13-18-55-19-16-45(46,47)17-20-55/h11-12,14-15,22-25H,9-10,13,16-21,26-27H2,1-8H3,(H2,48,60)/b29-28+,49-43?,50-44?. The molecule has 0 aliphatic carbocycles. The van der Waals surface area contributed by atoms with E-state index in [1.165, 1.54) is 0 Å². The lowest BCUT2D eigenvalue weighted by Gasteiger charge is -2.31. The van der Waals surface area contributed by atoms with Gasteiger partial charge in [0.1, 0.15) is 22.7 Å². The third-order valence-corrected chi connectivity index (χ3v) is 11.8. The summed E-state index contributed by atoms with van der Waals surface area (Å²) in [5.41, 5.74) is 13.8. The summed E-state index contributed by atoms with van der Waals surface area (Å²) >= 11 is 0. The number of benzene rings is 2. The SMILES string of the molecule is CCn1nc(C)cc1C(=O)N=c1n(C)c2ccccc2n1C/C(C)=C(\C)Cn1c(=NC(=O)c2cc(C)nn2CC)n(C)c2cc(C(N)=O)cc(OCCCN3CCC(F)(F)CC3)c21. The highest BCUT2D eigenvalue weighted by molar-refractivity contribution is 5.99. The lowest BCUT2D eigenvalue weighted by Crippen LogP contribution is -2.40. The molecule has 0 unspecified atom stereocenters. The Kier molecular flexibility index (Phi) is 12.8. The Hall–Kier alpha value is -6.43. The monoisotopic (exact) mass is 866 g/mol. The van der Waals surface area contributed by atoms with E-state index >= 15 is 0 Å². The Morgan fingerprint density at radius 2 is 1.30 bits per heavy atom. The fourth-order valence-corrected chi connectivity index (χ4v) is 8.24. The number of amides is 3. The number of allylic oxidation sites excluding steroid dienone is 2. The van der Waals surface area contributed by atoms with Crippen LogP contribution in [0, 0.1) is 13.8 Å². The number of para-hydroxylation sites is 2. The number of nitrogens with zero attached hydrogens (tertiary/aromatic N) is 11. The summed E-state index contributed by atoms with van der Waals surface area (Å²) in [6, 6.07) is 14.6. The van der Waals surface area contributed by atoms with Crippen molar-refractivity contribution < 1.29 is 27.9 Å². The lowest BCUT2D eigenvalue weighted by atomic mass is 10.1. The zero-order valence-electron chi connectivity index (χ0n) is 37.3. The Labute approximate surface area is 363 Å². The number of imidazole rings is 2. The Bertz CT molecular complexity index is 2910. The molecule has 6 aromatic rings. The molecule has 18 heteroatoms. The number of likely N-dealkylation sites (tertiary alicyclic amines) is 1. The predicted octanol–water partition coefficient (Wildman–Crippen LogP) is 5.44. The fourth-order valence-electron chi connectivity index (χ4n) is 8.24. The number of hydrogen-bond acceptors (Lipinski definition) is 7. The average Bonchev–Trinajstić information content (AvgIpc) is 3.98. The van der Waals surface area contributed by atoms with Gasteiger partial charge in [0.05, 0.1) is 34.5 Å². The molecule has 0 bridgehead atoms. The van der Waals surface area contributed by atoms with E-state index in [1.54, 1.807) is 45.2 Å². The molecule has 2 aromatic carbocycles. The summed E-state index contributed by atoms with van der Waals surface area (Å²) in [5, 5.41) is 8.91. The smallest absolute Gasteiger partial charge is 0.298 e. The zero-order valence-corrected chi connectivity index (χ0v) is 37.3. The number of fused-ring (bicyclic) bond motifs is 2. The Balaban J connectivity index is 1.32. The molecule has 7 rings (SSSR count). The van der Waals surface area contributed by atoms with E-state index in [9.17, 15) is 23.2 Å². The molecule has 334 valence electrons. The third-order valence-electron chi connectivity index (χ3n) is 11.8. The topological polar surface area (TPSA) is 170 Å². The summed E-state index contributed by atoms with van der Waals surface area (Å²) in [5.74, 6) is -3.84. The second kappa shape index (κ2) is 18.1. The first-order valence-corrected chi connectivity index (χ1v) is 21.3. The minimum absolute atomic E-state index is 0.173. The van der Waals surface area contributed by atoms with Crippen LogP contribution in [0.5, 0.6) is 5.75 Å². The number of hydrogen-bond donors (Lipinski definition) is 1. The maximum atomic E-state index is 14.0. The molecule has 3 amide bonds. The van der Waals surface area contributed by atoms with Crippen LogP contribution in [0.3, 0.4) is 0 Å². The lowest BCUT2D eigenvalue weighted by molar-refractivity contribution is -0.0554. The number of alkyl halides is 2. The number of carbonyl (C=O) groups is 3. The zero-order chi connectivity index (χ0) is 45.3. The van der Waals surface area contributed by atoms with Gasteiger partial charge in [-0.2, -0.15) is 20.2 Å². The van der Waals surface area contributed by atoms with Crippen molar-refractivity contribution in [1.82, 2.24) is 42.7 Å². The predicted molar refractivity (Wildman–Crippen MR) is 235 cm³/mol. The van der Waals surface area contributed by atoms with Gasteiger partial charge in [-0.3, -0.25) is 23.7 Å². The van der Waals surface area contributed by atoms with Gasteiger partial charge in [0.25, 0.3) is 17.7 Å². The molecule has 0 saturated carbocycles. The molecule has 0 radical (unpaired) electrons. The van der Waals surface area contributed by atoms with Gasteiger partial charge in [-0.1, -0.05) is 23.3 Å². The second-order valence-electron chi connectivity index (χ2n) is 16.4. The summed E-state index contributed by atoms with van der Waals surface area (Å²) in [4.78, 5) is 51.9. The normalized spacial score (nSPS) is 15.5. The van der Waals surface area contributed by atoms with Crippen molar-refractivity contribution in [3.63, 3.8) is 0 Å². The number of ether oxygens (including phenoxy) is 1. The largest absolute Gasteiger partial charge is 0.491 e. The van der Waals surface area contributed by atoms with Gasteiger partial charge in [0.15, 0.2) is 0 Å². The summed E-state index contributed by atoms with van der Waals surface area (Å²) in [6.07, 6.45) is 0.202. The van der Waals surface area contributed by atoms with Crippen LogP contribution in [0.25, 0.3) is 22.1 Å². The van der Waals surface area contributed by atoms with Crippen molar-refractivity contribution in [2.45, 2.75) is 92.9 Å². The maximum Gasteiger partial charge on any atom is 0.298 e. The molecular formula is C45H56F2N12O4. The van der Waals surface area contributed by atoms with Crippen LogP contribution in [-0.2, 0) is 40.3 Å². The number of carbonyl (C=O) groups excluding carboxylic acids is 3. The molecule has 63 heavy (non-hydrogen) atoms. The minimum atomic E-state index is -2.64. The van der Waals surface area contributed by atoms with Gasteiger partial charge < -0.3 is 33.6 Å². The molecule has 4 aromatic heterocycles. The first-order chi connectivity index (χ1) is 30.0. The molecular weight excluding hydrogens is 811 g/mol. The molecule has 1 saturated heterocycles. The van der Waals surface area contributed by atoms with Crippen molar-refractivity contribution >= 4 is 39.8 Å². The first kappa shape index (κ1) is 44.6. The van der Waals surface area contributed by atoms with Crippen molar-refractivity contribution in [2.75, 3.05) is 26.2 Å². The van der Waals surface area contributed by atoms with Crippen LogP contribution in [-0.4, -0.2) is 92.6 Å². The highest BCUT2D eigenvalue weighted by Gasteiger charge is 2.33. The van der Waals surface area contributed by atoms with Crippen molar-refractivity contribution in [3.8, 4) is 5.75 Å². The van der Waals surface area contributed by atoms with Crippen LogP contribution >= 0.6 is 0 Å². The van der Waals surface area contributed by atoms with E-state index in [0.29, 0.717) is 90.8 Å². The van der Waals surface area contributed by atoms with Crippen molar-refractivity contribution in [1.29, 1.82) is 0 Å². The van der Waals surface area contributed by atoms with Gasteiger partial charge in [-0.05, 0) is 84.4 Å². The highest BCUT2D eigenvalue weighted by atomic mass is 19.3. The molecule has 0 atom stereocenters. The minimum Gasteiger partial charge on any atom is -0.491 e.